The van der Waals surface area contributed by atoms with Crippen LogP contribution in [0.15, 0.2) is 41.4 Å². The van der Waals surface area contributed by atoms with Gasteiger partial charge in [0.05, 0.1) is 0 Å². The molecule has 0 amide bonds. The van der Waals surface area contributed by atoms with Crippen molar-refractivity contribution in [3.05, 3.63) is 58.7 Å². The zero-order chi connectivity index (χ0) is 16.9. The first-order valence-electron chi connectivity index (χ1n) is 8.72. The molecule has 126 valence electrons. The van der Waals surface area contributed by atoms with E-state index in [1.807, 2.05) is 18.2 Å². The predicted molar refractivity (Wildman–Crippen MR) is 103 cm³/mol. The van der Waals surface area contributed by atoms with Gasteiger partial charge in [-0.3, -0.25) is 4.99 Å². The van der Waals surface area contributed by atoms with E-state index in [0.29, 0.717) is 0 Å². The molecular weight excluding hydrogens is 296 g/mol. The van der Waals surface area contributed by atoms with Crippen LogP contribution >= 0.6 is 0 Å². The van der Waals surface area contributed by atoms with Gasteiger partial charge in [0, 0.05) is 30.0 Å². The first kappa shape index (κ1) is 16.4. The van der Waals surface area contributed by atoms with Gasteiger partial charge in [-0.15, -0.1) is 0 Å². The number of nitrogens with one attached hydrogen (secondary N) is 1. The Hall–Kier alpha value is -2.49. The van der Waals surface area contributed by atoms with Crippen molar-refractivity contribution in [1.82, 2.24) is 5.32 Å². The second kappa shape index (κ2) is 7.39. The number of amidine groups is 1. The minimum absolute atomic E-state index is 0.821. The number of aliphatic imine (C=N–C) groups is 1. The lowest BCUT2D eigenvalue weighted by Crippen LogP contribution is -2.31. The standard InChI is InChI=1S/C20H26N4/c1-2-14-7-9-16(21)13-15(14)8-10-17-18(5-3-6-19(17)22)20-23-11-4-12-24-20/h3,5-7,9,13H,2,4,8,10-12,21-22H2,1H3,(H,23,24). The lowest BCUT2D eigenvalue weighted by molar-refractivity contribution is 0.741. The van der Waals surface area contributed by atoms with Crippen molar-refractivity contribution in [1.29, 1.82) is 0 Å². The third-order valence-electron chi connectivity index (χ3n) is 4.62. The molecule has 0 unspecified atom stereocenters. The molecule has 1 aliphatic rings. The van der Waals surface area contributed by atoms with Gasteiger partial charge in [0.15, 0.2) is 0 Å². The fraction of sp³-hybridized carbons (Fsp3) is 0.350. The smallest absolute Gasteiger partial charge is 0.128 e. The van der Waals surface area contributed by atoms with Gasteiger partial charge >= 0.3 is 0 Å². The molecule has 2 aromatic carbocycles. The van der Waals surface area contributed by atoms with Crippen molar-refractivity contribution < 1.29 is 0 Å². The second-order valence-electron chi connectivity index (χ2n) is 6.27. The number of nitrogens with zero attached hydrogens (tertiary/aromatic N) is 1. The number of nitrogens with two attached hydrogens (primary N) is 2. The fourth-order valence-electron chi connectivity index (χ4n) is 3.30. The Morgan fingerprint density at radius 1 is 1.08 bits per heavy atom. The van der Waals surface area contributed by atoms with Crippen LogP contribution in [0.2, 0.25) is 0 Å². The van der Waals surface area contributed by atoms with E-state index < -0.39 is 0 Å². The van der Waals surface area contributed by atoms with E-state index in [1.54, 1.807) is 0 Å². The van der Waals surface area contributed by atoms with Gasteiger partial charge in [0.25, 0.3) is 0 Å². The number of hydrogen-bond donors (Lipinski definition) is 3. The molecule has 0 aliphatic carbocycles. The van der Waals surface area contributed by atoms with E-state index in [1.165, 1.54) is 16.7 Å². The molecule has 0 saturated heterocycles. The molecule has 0 atom stereocenters. The highest BCUT2D eigenvalue weighted by Gasteiger charge is 2.14. The SMILES string of the molecule is CCc1ccc(N)cc1CCc1c(N)cccc1C1=NCCCN1. The van der Waals surface area contributed by atoms with Crippen molar-refractivity contribution >= 4 is 17.2 Å². The van der Waals surface area contributed by atoms with Crippen molar-refractivity contribution in [2.24, 2.45) is 4.99 Å². The minimum Gasteiger partial charge on any atom is -0.399 e. The van der Waals surface area contributed by atoms with Gasteiger partial charge < -0.3 is 16.8 Å². The molecule has 1 heterocycles. The number of benzene rings is 2. The zero-order valence-corrected chi connectivity index (χ0v) is 14.3. The summed E-state index contributed by atoms with van der Waals surface area (Å²) in [4.78, 5) is 4.63. The molecule has 0 radical (unpaired) electrons. The normalized spacial score (nSPS) is 14.1. The van der Waals surface area contributed by atoms with Crippen LogP contribution in [0.4, 0.5) is 11.4 Å². The minimum atomic E-state index is 0.821. The number of aryl methyl sites for hydroxylation is 2. The van der Waals surface area contributed by atoms with E-state index in [0.717, 1.165) is 61.5 Å². The number of anilines is 2. The van der Waals surface area contributed by atoms with Crippen LogP contribution in [0.25, 0.3) is 0 Å². The van der Waals surface area contributed by atoms with Crippen LogP contribution in [0.1, 0.15) is 35.6 Å². The van der Waals surface area contributed by atoms with Gasteiger partial charge in [-0.1, -0.05) is 25.1 Å². The molecule has 3 rings (SSSR count). The van der Waals surface area contributed by atoms with Crippen molar-refractivity contribution in [3.63, 3.8) is 0 Å². The summed E-state index contributed by atoms with van der Waals surface area (Å²) in [6, 6.07) is 12.3. The van der Waals surface area contributed by atoms with Crippen LogP contribution in [0.3, 0.4) is 0 Å². The van der Waals surface area contributed by atoms with E-state index >= 15 is 0 Å². The monoisotopic (exact) mass is 322 g/mol. The highest BCUT2D eigenvalue weighted by atomic mass is 15.0. The Labute approximate surface area is 144 Å². The van der Waals surface area contributed by atoms with E-state index in [9.17, 15) is 0 Å². The van der Waals surface area contributed by atoms with Gasteiger partial charge in [-0.25, -0.2) is 0 Å². The van der Waals surface area contributed by atoms with Crippen molar-refractivity contribution in [3.8, 4) is 0 Å². The number of nitrogen functional groups attached to an aromatic ring is 2. The lowest BCUT2D eigenvalue weighted by atomic mass is 9.94. The van der Waals surface area contributed by atoms with Gasteiger partial charge in [-0.2, -0.15) is 0 Å². The Morgan fingerprint density at radius 3 is 2.71 bits per heavy atom. The summed E-state index contributed by atoms with van der Waals surface area (Å²) in [5.41, 5.74) is 18.9. The molecule has 4 heteroatoms. The van der Waals surface area contributed by atoms with Crippen LogP contribution in [-0.4, -0.2) is 18.9 Å². The fourth-order valence-corrected chi connectivity index (χ4v) is 3.30. The second-order valence-corrected chi connectivity index (χ2v) is 6.27. The third kappa shape index (κ3) is 3.53. The van der Waals surface area contributed by atoms with E-state index in [2.05, 4.69) is 35.4 Å². The molecule has 24 heavy (non-hydrogen) atoms. The summed E-state index contributed by atoms with van der Waals surface area (Å²) >= 11 is 0. The topological polar surface area (TPSA) is 76.4 Å². The van der Waals surface area contributed by atoms with Gasteiger partial charge in [0.1, 0.15) is 5.84 Å². The van der Waals surface area contributed by atoms with Crippen molar-refractivity contribution in [2.75, 3.05) is 24.6 Å². The predicted octanol–water partition coefficient (Wildman–Crippen LogP) is 2.94. The third-order valence-corrected chi connectivity index (χ3v) is 4.62. The highest BCUT2D eigenvalue weighted by molar-refractivity contribution is 6.01. The van der Waals surface area contributed by atoms with Crippen LogP contribution in [-0.2, 0) is 19.3 Å². The average molecular weight is 322 g/mol. The lowest BCUT2D eigenvalue weighted by Gasteiger charge is -2.19. The van der Waals surface area contributed by atoms with E-state index in [4.69, 9.17) is 11.5 Å². The summed E-state index contributed by atoms with van der Waals surface area (Å²) in [5.74, 6) is 0.979. The molecular formula is C20H26N4. The molecule has 2 aromatic rings. The molecule has 4 nitrogen and oxygen atoms in total. The molecule has 0 fully saturated rings. The maximum absolute atomic E-state index is 6.29. The maximum atomic E-state index is 6.29. The zero-order valence-electron chi connectivity index (χ0n) is 14.3. The average Bonchev–Trinajstić information content (AvgIpc) is 2.61. The summed E-state index contributed by atoms with van der Waals surface area (Å²) < 4.78 is 0. The first-order chi connectivity index (χ1) is 11.7. The van der Waals surface area contributed by atoms with Crippen molar-refractivity contribution in [2.45, 2.75) is 32.6 Å². The molecule has 5 N–H and O–H groups in total. The van der Waals surface area contributed by atoms with Crippen LogP contribution in [0.5, 0.6) is 0 Å². The van der Waals surface area contributed by atoms with Crippen LogP contribution < -0.4 is 16.8 Å². The summed E-state index contributed by atoms with van der Waals surface area (Å²) in [6.45, 7) is 4.03. The Balaban J connectivity index is 1.88. The summed E-state index contributed by atoms with van der Waals surface area (Å²) in [6.07, 6.45) is 3.92. The summed E-state index contributed by atoms with van der Waals surface area (Å²) in [5, 5.41) is 3.41. The molecule has 0 bridgehead atoms. The van der Waals surface area contributed by atoms with Crippen LogP contribution in [0, 0.1) is 0 Å². The van der Waals surface area contributed by atoms with Gasteiger partial charge in [0.2, 0.25) is 0 Å². The largest absolute Gasteiger partial charge is 0.399 e. The van der Waals surface area contributed by atoms with E-state index in [-0.39, 0.29) is 0 Å². The molecule has 1 aliphatic heterocycles. The Bertz CT molecular complexity index is 749. The number of hydrogen-bond acceptors (Lipinski definition) is 4. The van der Waals surface area contributed by atoms with Gasteiger partial charge in [-0.05, 0) is 60.6 Å². The highest BCUT2D eigenvalue weighted by Crippen LogP contribution is 2.23. The molecule has 0 spiro atoms. The molecule has 0 aromatic heterocycles. The summed E-state index contributed by atoms with van der Waals surface area (Å²) in [7, 11) is 0. The maximum Gasteiger partial charge on any atom is 0.128 e. The molecule has 0 saturated carbocycles. The number of rotatable bonds is 5. The Morgan fingerprint density at radius 2 is 1.96 bits per heavy atom. The quantitative estimate of drug-likeness (QED) is 0.741. The Kier molecular flexibility index (Phi) is 5.04. The first-order valence-corrected chi connectivity index (χ1v) is 8.72.